The quantitative estimate of drug-likeness (QED) is 0.627. The van der Waals surface area contributed by atoms with Crippen molar-refractivity contribution in [3.63, 3.8) is 0 Å². The highest BCUT2D eigenvalue weighted by atomic mass is 127. The summed E-state index contributed by atoms with van der Waals surface area (Å²) in [6.07, 6.45) is 0. The molecule has 1 amide bonds. The monoisotopic (exact) mass is 299 g/mol. The fourth-order valence-electron chi connectivity index (χ4n) is 0.711. The molecule has 0 radical (unpaired) electrons. The molecule has 0 saturated heterocycles. The number of nitrogens with two attached hydrogens (primary N) is 1. The van der Waals surface area contributed by atoms with Crippen LogP contribution in [0.3, 0.4) is 0 Å². The zero-order valence-electron chi connectivity index (χ0n) is 5.77. The first-order chi connectivity index (χ1) is 5.52. The average molecular weight is 299 g/mol. The van der Waals surface area contributed by atoms with Gasteiger partial charge in [0.15, 0.2) is 0 Å². The van der Waals surface area contributed by atoms with Crippen LogP contribution in [0.5, 0.6) is 0 Å². The first-order valence-electron chi connectivity index (χ1n) is 2.96. The van der Waals surface area contributed by atoms with Gasteiger partial charge in [0.2, 0.25) is 5.91 Å². The van der Waals surface area contributed by atoms with Crippen LogP contribution in [-0.2, 0) is 0 Å². The molecule has 1 rings (SSSR count). The summed E-state index contributed by atoms with van der Waals surface area (Å²) in [5, 5.41) is 0.0421. The Balaban J connectivity index is 3.33. The molecule has 0 fully saturated rings. The van der Waals surface area contributed by atoms with E-state index in [2.05, 4.69) is 0 Å². The lowest BCUT2D eigenvalue weighted by molar-refractivity contribution is 0.100. The number of carbonyl (C=O) groups excluding carboxylic acids is 1. The van der Waals surface area contributed by atoms with Gasteiger partial charge in [0.05, 0.1) is 10.6 Å². The van der Waals surface area contributed by atoms with Gasteiger partial charge >= 0.3 is 0 Å². The van der Waals surface area contributed by atoms with Gasteiger partial charge in [-0.1, -0.05) is 11.6 Å². The van der Waals surface area contributed by atoms with Crippen molar-refractivity contribution in [2.24, 2.45) is 5.73 Å². The number of halogens is 3. The summed E-state index contributed by atoms with van der Waals surface area (Å²) >= 11 is 7.31. The van der Waals surface area contributed by atoms with E-state index < -0.39 is 11.7 Å². The molecule has 64 valence electrons. The van der Waals surface area contributed by atoms with Gasteiger partial charge in [0.25, 0.3) is 0 Å². The summed E-state index contributed by atoms with van der Waals surface area (Å²) in [5.41, 5.74) is 5.13. The molecule has 0 aliphatic carbocycles. The van der Waals surface area contributed by atoms with E-state index in [0.29, 0.717) is 3.57 Å². The Morgan fingerprint density at radius 1 is 1.58 bits per heavy atom. The second kappa shape index (κ2) is 3.57. The minimum atomic E-state index is -0.655. The topological polar surface area (TPSA) is 43.1 Å². The van der Waals surface area contributed by atoms with Crippen LogP contribution in [0.4, 0.5) is 4.39 Å². The number of rotatable bonds is 1. The second-order valence-corrected chi connectivity index (χ2v) is 3.68. The third-order valence-corrected chi connectivity index (χ3v) is 2.41. The molecule has 0 aliphatic rings. The van der Waals surface area contributed by atoms with Crippen LogP contribution in [0.15, 0.2) is 12.1 Å². The zero-order chi connectivity index (χ0) is 9.30. The fourth-order valence-corrected chi connectivity index (χ4v) is 1.42. The highest BCUT2D eigenvalue weighted by Gasteiger charge is 2.10. The van der Waals surface area contributed by atoms with E-state index in [1.807, 2.05) is 0 Å². The molecule has 1 aromatic rings. The average Bonchev–Trinajstić information content (AvgIpc) is 1.96. The lowest BCUT2D eigenvalue weighted by Gasteiger charge is -2.00. The summed E-state index contributed by atoms with van der Waals surface area (Å²) in [7, 11) is 0. The summed E-state index contributed by atoms with van der Waals surface area (Å²) in [6, 6.07) is 2.39. The van der Waals surface area contributed by atoms with Gasteiger partial charge in [-0.05, 0) is 34.7 Å². The molecule has 0 aromatic heterocycles. The molecule has 0 atom stereocenters. The molecule has 0 spiro atoms. The molecular formula is C7H4ClFINO. The largest absolute Gasteiger partial charge is 0.366 e. The minimum Gasteiger partial charge on any atom is -0.366 e. The fraction of sp³-hybridized carbons (Fsp3) is 0. The van der Waals surface area contributed by atoms with Crippen molar-refractivity contribution >= 4 is 40.1 Å². The van der Waals surface area contributed by atoms with Crippen molar-refractivity contribution in [3.8, 4) is 0 Å². The first-order valence-corrected chi connectivity index (χ1v) is 4.42. The van der Waals surface area contributed by atoms with Crippen molar-refractivity contribution in [3.05, 3.63) is 32.1 Å². The SMILES string of the molecule is NC(=O)c1cc(I)c(F)cc1Cl. The van der Waals surface area contributed by atoms with Gasteiger partial charge < -0.3 is 5.73 Å². The van der Waals surface area contributed by atoms with E-state index >= 15 is 0 Å². The molecule has 0 unspecified atom stereocenters. The smallest absolute Gasteiger partial charge is 0.250 e. The van der Waals surface area contributed by atoms with Crippen LogP contribution < -0.4 is 5.73 Å². The third-order valence-electron chi connectivity index (χ3n) is 1.28. The molecule has 12 heavy (non-hydrogen) atoms. The molecule has 0 heterocycles. The van der Waals surface area contributed by atoms with Crippen LogP contribution in [-0.4, -0.2) is 5.91 Å². The Kier molecular flexibility index (Phi) is 2.89. The highest BCUT2D eigenvalue weighted by Crippen LogP contribution is 2.21. The summed E-state index contributed by atoms with van der Waals surface area (Å²) < 4.78 is 13.1. The maximum absolute atomic E-state index is 12.8. The lowest BCUT2D eigenvalue weighted by Crippen LogP contribution is -2.12. The van der Waals surface area contributed by atoms with Crippen LogP contribution in [0.25, 0.3) is 0 Å². The summed E-state index contributed by atoms with van der Waals surface area (Å²) in [5.74, 6) is -1.11. The van der Waals surface area contributed by atoms with Gasteiger partial charge in [-0.3, -0.25) is 4.79 Å². The van der Waals surface area contributed by atoms with E-state index in [1.165, 1.54) is 6.07 Å². The normalized spacial score (nSPS) is 9.92. The third kappa shape index (κ3) is 1.87. The molecule has 0 aliphatic heterocycles. The Hall–Kier alpha value is -0.360. The van der Waals surface area contributed by atoms with Crippen molar-refractivity contribution in [2.45, 2.75) is 0 Å². The Labute approximate surface area is 87.0 Å². The van der Waals surface area contributed by atoms with Gasteiger partial charge in [0.1, 0.15) is 5.82 Å². The van der Waals surface area contributed by atoms with Crippen LogP contribution in [0.1, 0.15) is 10.4 Å². The Morgan fingerprint density at radius 2 is 2.17 bits per heavy atom. The first kappa shape index (κ1) is 9.73. The van der Waals surface area contributed by atoms with Gasteiger partial charge in [0, 0.05) is 3.57 Å². The highest BCUT2D eigenvalue weighted by molar-refractivity contribution is 14.1. The molecule has 1 aromatic carbocycles. The minimum absolute atomic E-state index is 0.0421. The molecule has 2 nitrogen and oxygen atoms in total. The Bertz CT molecular complexity index is 342. The van der Waals surface area contributed by atoms with Crippen LogP contribution in [0.2, 0.25) is 5.02 Å². The maximum atomic E-state index is 12.8. The predicted octanol–water partition coefficient (Wildman–Crippen LogP) is 2.18. The lowest BCUT2D eigenvalue weighted by atomic mass is 10.2. The van der Waals surface area contributed by atoms with E-state index in [4.69, 9.17) is 17.3 Å². The second-order valence-electron chi connectivity index (χ2n) is 2.11. The maximum Gasteiger partial charge on any atom is 0.250 e. The van der Waals surface area contributed by atoms with Crippen LogP contribution >= 0.6 is 34.2 Å². The number of amides is 1. The van der Waals surface area contributed by atoms with Crippen molar-refractivity contribution in [1.82, 2.24) is 0 Å². The van der Waals surface area contributed by atoms with Crippen molar-refractivity contribution in [2.75, 3.05) is 0 Å². The number of carbonyl (C=O) groups is 1. The van der Waals surface area contributed by atoms with E-state index in [-0.39, 0.29) is 10.6 Å². The zero-order valence-corrected chi connectivity index (χ0v) is 8.69. The number of primary amides is 1. The molecule has 0 saturated carbocycles. The molecule has 0 bridgehead atoms. The molecular weight excluding hydrogens is 295 g/mol. The van der Waals surface area contributed by atoms with E-state index in [0.717, 1.165) is 6.07 Å². The van der Waals surface area contributed by atoms with Crippen molar-refractivity contribution in [1.29, 1.82) is 0 Å². The summed E-state index contributed by atoms with van der Waals surface area (Å²) in [4.78, 5) is 10.7. The van der Waals surface area contributed by atoms with E-state index in [1.54, 1.807) is 22.6 Å². The Morgan fingerprint density at radius 3 is 2.67 bits per heavy atom. The number of hydrogen-bond acceptors (Lipinski definition) is 1. The molecule has 5 heteroatoms. The van der Waals surface area contributed by atoms with Crippen molar-refractivity contribution < 1.29 is 9.18 Å². The van der Waals surface area contributed by atoms with Crippen LogP contribution in [0, 0.1) is 9.39 Å². The van der Waals surface area contributed by atoms with Gasteiger partial charge in [-0.2, -0.15) is 0 Å². The number of hydrogen-bond donors (Lipinski definition) is 1. The van der Waals surface area contributed by atoms with E-state index in [9.17, 15) is 9.18 Å². The van der Waals surface area contributed by atoms with Gasteiger partial charge in [-0.25, -0.2) is 4.39 Å². The standard InChI is InChI=1S/C7H4ClFINO/c8-4-2-5(9)6(10)1-3(4)7(11)12/h1-2H,(H2,11,12). The van der Waals surface area contributed by atoms with Gasteiger partial charge in [-0.15, -0.1) is 0 Å². The molecule has 2 N–H and O–H groups in total. The summed E-state index contributed by atoms with van der Waals surface area (Å²) in [6.45, 7) is 0. The number of benzene rings is 1. The predicted molar refractivity (Wildman–Crippen MR) is 52.6 cm³/mol.